The van der Waals surface area contributed by atoms with E-state index in [1.807, 2.05) is 55.6 Å². The van der Waals surface area contributed by atoms with Crippen LogP contribution in [0.5, 0.6) is 5.75 Å². The Labute approximate surface area is 118 Å². The van der Waals surface area contributed by atoms with Gasteiger partial charge in [-0.05, 0) is 29.7 Å². The van der Waals surface area contributed by atoms with E-state index in [4.69, 9.17) is 4.74 Å². The second-order valence-electron chi connectivity index (χ2n) is 5.02. The lowest BCUT2D eigenvalue weighted by molar-refractivity contribution is -0.119. The summed E-state index contributed by atoms with van der Waals surface area (Å²) in [5.41, 5.74) is 3.18. The highest BCUT2D eigenvalue weighted by Crippen LogP contribution is 2.39. The third-order valence-electron chi connectivity index (χ3n) is 3.92. The van der Waals surface area contributed by atoms with Crippen molar-refractivity contribution in [1.29, 1.82) is 0 Å². The van der Waals surface area contributed by atoms with Gasteiger partial charge in [0.25, 0.3) is 0 Å². The number of amides is 1. The van der Waals surface area contributed by atoms with E-state index >= 15 is 0 Å². The summed E-state index contributed by atoms with van der Waals surface area (Å²) in [5.74, 6) is 0.872. The Morgan fingerprint density at radius 3 is 2.60 bits per heavy atom. The number of hydrogen-bond donors (Lipinski definition) is 0. The summed E-state index contributed by atoms with van der Waals surface area (Å²) in [6, 6.07) is 15.9. The minimum absolute atomic E-state index is 0.118. The predicted octanol–water partition coefficient (Wildman–Crippen LogP) is 3.00. The highest BCUT2D eigenvalue weighted by molar-refractivity contribution is 6.04. The molecule has 3 nitrogen and oxygen atoms in total. The molecule has 20 heavy (non-hydrogen) atoms. The molecular formula is C17H17NO2. The third-order valence-corrected chi connectivity index (χ3v) is 3.92. The van der Waals surface area contributed by atoms with Gasteiger partial charge in [-0.25, -0.2) is 0 Å². The molecular weight excluding hydrogens is 250 g/mol. The average Bonchev–Trinajstić information content (AvgIpc) is 2.73. The van der Waals surface area contributed by atoms with Crippen LogP contribution in [0.25, 0.3) is 0 Å². The van der Waals surface area contributed by atoms with Crippen molar-refractivity contribution >= 4 is 11.6 Å². The number of likely N-dealkylation sites (N-methyl/N-ethyl adjacent to an activating group) is 1. The normalized spacial score (nSPS) is 17.2. The zero-order chi connectivity index (χ0) is 14.1. The molecule has 0 fully saturated rings. The van der Waals surface area contributed by atoms with E-state index in [1.54, 1.807) is 12.0 Å². The van der Waals surface area contributed by atoms with Gasteiger partial charge in [-0.2, -0.15) is 0 Å². The molecule has 0 bridgehead atoms. The number of nitrogens with zero attached hydrogens (tertiary/aromatic N) is 1. The molecule has 0 spiro atoms. The van der Waals surface area contributed by atoms with E-state index in [0.29, 0.717) is 6.42 Å². The quantitative estimate of drug-likeness (QED) is 0.855. The van der Waals surface area contributed by atoms with Gasteiger partial charge in [-0.3, -0.25) is 4.79 Å². The fourth-order valence-corrected chi connectivity index (χ4v) is 2.86. The molecule has 1 amide bonds. The van der Waals surface area contributed by atoms with E-state index in [-0.39, 0.29) is 11.8 Å². The lowest BCUT2D eigenvalue weighted by Gasteiger charge is -2.13. The zero-order valence-corrected chi connectivity index (χ0v) is 11.7. The monoisotopic (exact) mass is 267 g/mol. The summed E-state index contributed by atoms with van der Waals surface area (Å²) in [6.07, 6.45) is 0.671. The van der Waals surface area contributed by atoms with E-state index in [2.05, 4.69) is 0 Å². The molecule has 3 heteroatoms. The van der Waals surface area contributed by atoms with Crippen LogP contribution in [0.2, 0.25) is 0 Å². The number of para-hydroxylation sites is 2. The van der Waals surface area contributed by atoms with Crippen molar-refractivity contribution in [3.63, 3.8) is 0 Å². The fourth-order valence-electron chi connectivity index (χ4n) is 2.86. The van der Waals surface area contributed by atoms with Crippen molar-refractivity contribution in [2.24, 2.45) is 0 Å². The van der Waals surface area contributed by atoms with Crippen molar-refractivity contribution in [2.45, 2.75) is 12.3 Å². The lowest BCUT2D eigenvalue weighted by Crippen LogP contribution is -2.24. The molecule has 102 valence electrons. The van der Waals surface area contributed by atoms with Crippen LogP contribution in [0.3, 0.4) is 0 Å². The molecule has 1 aliphatic rings. The molecule has 0 saturated carbocycles. The van der Waals surface area contributed by atoms with Gasteiger partial charge >= 0.3 is 0 Å². The summed E-state index contributed by atoms with van der Waals surface area (Å²) in [5, 5.41) is 0. The van der Waals surface area contributed by atoms with Gasteiger partial charge in [-0.1, -0.05) is 36.4 Å². The molecule has 0 N–H and O–H groups in total. The van der Waals surface area contributed by atoms with Gasteiger partial charge < -0.3 is 9.64 Å². The Morgan fingerprint density at radius 2 is 1.80 bits per heavy atom. The van der Waals surface area contributed by atoms with Crippen LogP contribution in [0.4, 0.5) is 5.69 Å². The van der Waals surface area contributed by atoms with Crippen molar-refractivity contribution in [3.8, 4) is 5.75 Å². The molecule has 1 unspecified atom stereocenters. The van der Waals surface area contributed by atoms with Crippen molar-refractivity contribution in [3.05, 3.63) is 59.7 Å². The predicted molar refractivity (Wildman–Crippen MR) is 79.3 cm³/mol. The standard InChI is InChI=1S/C17H17NO2/c1-18-15-9-5-4-8-13(15)14(17(18)19)11-12-7-3-6-10-16(12)20-2/h3-10,14H,11H2,1-2H3. The molecule has 0 aliphatic carbocycles. The molecule has 0 aromatic heterocycles. The van der Waals surface area contributed by atoms with Crippen molar-refractivity contribution in [1.82, 2.24) is 0 Å². The van der Waals surface area contributed by atoms with Crippen LogP contribution in [0.1, 0.15) is 17.0 Å². The topological polar surface area (TPSA) is 29.5 Å². The molecule has 0 radical (unpaired) electrons. The third kappa shape index (κ3) is 1.95. The van der Waals surface area contributed by atoms with Gasteiger partial charge in [-0.15, -0.1) is 0 Å². The smallest absolute Gasteiger partial charge is 0.234 e. The van der Waals surface area contributed by atoms with Gasteiger partial charge in [0.05, 0.1) is 13.0 Å². The summed E-state index contributed by atoms with van der Waals surface area (Å²) >= 11 is 0. The Balaban J connectivity index is 1.97. The number of anilines is 1. The number of methoxy groups -OCH3 is 1. The molecule has 2 aromatic rings. The highest BCUT2D eigenvalue weighted by Gasteiger charge is 2.35. The van der Waals surface area contributed by atoms with Crippen LogP contribution < -0.4 is 9.64 Å². The van der Waals surface area contributed by atoms with E-state index in [1.165, 1.54) is 0 Å². The van der Waals surface area contributed by atoms with Crippen LogP contribution in [-0.4, -0.2) is 20.1 Å². The van der Waals surface area contributed by atoms with E-state index in [9.17, 15) is 4.79 Å². The molecule has 2 aromatic carbocycles. The molecule has 1 atom stereocenters. The molecule has 0 saturated heterocycles. The van der Waals surface area contributed by atoms with E-state index < -0.39 is 0 Å². The van der Waals surface area contributed by atoms with Crippen LogP contribution in [0, 0.1) is 0 Å². The Bertz CT molecular complexity index is 651. The number of carbonyl (C=O) groups is 1. The minimum Gasteiger partial charge on any atom is -0.496 e. The number of ether oxygens (including phenoxy) is 1. The Morgan fingerprint density at radius 1 is 1.10 bits per heavy atom. The van der Waals surface area contributed by atoms with Gasteiger partial charge in [0.15, 0.2) is 0 Å². The van der Waals surface area contributed by atoms with E-state index in [0.717, 1.165) is 22.6 Å². The molecule has 3 rings (SSSR count). The first kappa shape index (κ1) is 12.7. The summed E-state index contributed by atoms with van der Waals surface area (Å²) in [6.45, 7) is 0. The summed E-state index contributed by atoms with van der Waals surface area (Å²) in [7, 11) is 3.50. The maximum atomic E-state index is 12.5. The molecule has 1 heterocycles. The average molecular weight is 267 g/mol. The lowest BCUT2D eigenvalue weighted by atomic mass is 9.93. The minimum atomic E-state index is -0.118. The van der Waals surface area contributed by atoms with Crippen molar-refractivity contribution < 1.29 is 9.53 Å². The largest absolute Gasteiger partial charge is 0.496 e. The summed E-state index contributed by atoms with van der Waals surface area (Å²) in [4.78, 5) is 14.2. The van der Waals surface area contributed by atoms with Crippen LogP contribution in [0.15, 0.2) is 48.5 Å². The van der Waals surface area contributed by atoms with Gasteiger partial charge in [0, 0.05) is 12.7 Å². The maximum absolute atomic E-state index is 12.5. The number of benzene rings is 2. The first-order valence-electron chi connectivity index (χ1n) is 6.70. The number of rotatable bonds is 3. The SMILES string of the molecule is COc1ccccc1CC1C(=O)N(C)c2ccccc21. The Hall–Kier alpha value is -2.29. The number of carbonyl (C=O) groups excluding carboxylic acids is 1. The van der Waals surface area contributed by atoms with Crippen molar-refractivity contribution in [2.75, 3.05) is 19.1 Å². The van der Waals surface area contributed by atoms with Gasteiger partial charge in [0.2, 0.25) is 5.91 Å². The zero-order valence-electron chi connectivity index (χ0n) is 11.7. The molecule has 1 aliphatic heterocycles. The Kier molecular flexibility index (Phi) is 3.18. The number of fused-ring (bicyclic) bond motifs is 1. The maximum Gasteiger partial charge on any atom is 0.234 e. The van der Waals surface area contributed by atoms with Crippen LogP contribution >= 0.6 is 0 Å². The highest BCUT2D eigenvalue weighted by atomic mass is 16.5. The number of hydrogen-bond acceptors (Lipinski definition) is 2. The second kappa shape index (κ2) is 5.00. The fraction of sp³-hybridized carbons (Fsp3) is 0.235. The van der Waals surface area contributed by atoms with Gasteiger partial charge in [0.1, 0.15) is 5.75 Å². The summed E-state index contributed by atoms with van der Waals surface area (Å²) < 4.78 is 5.38. The second-order valence-corrected chi connectivity index (χ2v) is 5.02. The first-order valence-corrected chi connectivity index (χ1v) is 6.70. The van der Waals surface area contributed by atoms with Crippen LogP contribution in [-0.2, 0) is 11.2 Å². The first-order chi connectivity index (χ1) is 9.72.